The van der Waals surface area contributed by atoms with Crippen LogP contribution in [0.4, 0.5) is 15.8 Å². The number of methoxy groups -OCH3 is 1. The number of ether oxygens (including phenoxy) is 1. The minimum absolute atomic E-state index is 0.101. The van der Waals surface area contributed by atoms with Crippen LogP contribution in [0.3, 0.4) is 0 Å². The Bertz CT molecular complexity index is 882. The van der Waals surface area contributed by atoms with Gasteiger partial charge in [-0.3, -0.25) is 14.9 Å². The van der Waals surface area contributed by atoms with E-state index >= 15 is 0 Å². The molecule has 7 nitrogen and oxygen atoms in total. The van der Waals surface area contributed by atoms with Crippen molar-refractivity contribution in [2.45, 2.75) is 32.4 Å². The fourth-order valence-electron chi connectivity index (χ4n) is 3.22. The Hall–Kier alpha value is -3.00. The van der Waals surface area contributed by atoms with E-state index in [9.17, 15) is 19.3 Å². The predicted molar refractivity (Wildman–Crippen MR) is 102 cm³/mol. The van der Waals surface area contributed by atoms with Crippen molar-refractivity contribution in [1.82, 2.24) is 0 Å². The number of anilines is 1. The van der Waals surface area contributed by atoms with Gasteiger partial charge in [0.1, 0.15) is 12.4 Å². The van der Waals surface area contributed by atoms with Crippen molar-refractivity contribution in [3.8, 4) is 5.75 Å². The van der Waals surface area contributed by atoms with Gasteiger partial charge in [0.05, 0.1) is 18.1 Å². The molecule has 1 saturated carbocycles. The lowest BCUT2D eigenvalue weighted by Crippen LogP contribution is -3.13. The van der Waals surface area contributed by atoms with Gasteiger partial charge in [-0.1, -0.05) is 12.1 Å². The van der Waals surface area contributed by atoms with Crippen molar-refractivity contribution in [1.29, 1.82) is 0 Å². The summed E-state index contributed by atoms with van der Waals surface area (Å²) in [6.07, 6.45) is 2.13. The van der Waals surface area contributed by atoms with E-state index in [-0.39, 0.29) is 29.7 Å². The van der Waals surface area contributed by atoms with Gasteiger partial charge in [0.2, 0.25) is 0 Å². The highest BCUT2D eigenvalue weighted by Crippen LogP contribution is 2.32. The number of halogens is 1. The minimum atomic E-state index is -0.515. The van der Waals surface area contributed by atoms with Gasteiger partial charge in [-0.15, -0.1) is 0 Å². The first kappa shape index (κ1) is 19.8. The second kappa shape index (κ2) is 8.35. The normalized spacial score (nSPS) is 14.4. The second-order valence-corrected chi connectivity index (χ2v) is 7.06. The first-order valence-corrected chi connectivity index (χ1v) is 9.09. The third-order valence-corrected chi connectivity index (χ3v) is 4.88. The van der Waals surface area contributed by atoms with Gasteiger partial charge >= 0.3 is 5.69 Å². The van der Waals surface area contributed by atoms with E-state index in [1.54, 1.807) is 19.1 Å². The molecule has 148 valence electrons. The quantitative estimate of drug-likeness (QED) is 0.536. The van der Waals surface area contributed by atoms with Crippen molar-refractivity contribution < 1.29 is 23.7 Å². The first-order valence-electron chi connectivity index (χ1n) is 9.09. The number of hydrogen-bond donors (Lipinski definition) is 2. The Kier molecular flexibility index (Phi) is 5.89. The average Bonchev–Trinajstić information content (AvgIpc) is 3.49. The number of rotatable bonds is 8. The number of carbonyl (C=O) groups is 1. The van der Waals surface area contributed by atoms with E-state index < -0.39 is 4.92 Å². The summed E-state index contributed by atoms with van der Waals surface area (Å²) >= 11 is 0. The number of nitrogens with one attached hydrogen (secondary N) is 2. The highest BCUT2D eigenvalue weighted by Gasteiger charge is 2.34. The Morgan fingerprint density at radius 2 is 2.00 bits per heavy atom. The number of quaternary nitrogens is 1. The molecule has 0 bridgehead atoms. The van der Waals surface area contributed by atoms with Crippen LogP contribution in [-0.4, -0.2) is 30.5 Å². The van der Waals surface area contributed by atoms with Crippen molar-refractivity contribution >= 4 is 17.3 Å². The minimum Gasteiger partial charge on any atom is -0.490 e. The van der Waals surface area contributed by atoms with Crippen LogP contribution >= 0.6 is 0 Å². The molecule has 28 heavy (non-hydrogen) atoms. The van der Waals surface area contributed by atoms with Gasteiger partial charge in [0.25, 0.3) is 5.91 Å². The molecule has 3 rings (SSSR count). The molecule has 0 heterocycles. The zero-order chi connectivity index (χ0) is 20.3. The number of nitro benzene ring substituents is 1. The van der Waals surface area contributed by atoms with Crippen LogP contribution in [-0.2, 0) is 11.3 Å². The summed E-state index contributed by atoms with van der Waals surface area (Å²) in [4.78, 5) is 24.3. The SMILES string of the molecule is COc1cc(NC(=O)C[NH+](Cc2ccc(F)cc2)C2CC2)c(C)cc1[N+](=O)[O-]. The topological polar surface area (TPSA) is 85.9 Å². The molecule has 1 aliphatic carbocycles. The van der Waals surface area contributed by atoms with Gasteiger partial charge in [-0.05, 0) is 24.6 Å². The van der Waals surface area contributed by atoms with E-state index in [0.717, 1.165) is 23.3 Å². The standard InChI is InChI=1S/C20H22FN3O4/c1-13-9-18(24(26)27)19(28-2)10-17(13)22-20(25)12-23(16-7-8-16)11-14-3-5-15(21)6-4-14/h3-6,9-10,16H,7-8,11-12H2,1-2H3,(H,22,25)/p+1. The lowest BCUT2D eigenvalue weighted by atomic mass is 10.1. The molecule has 0 radical (unpaired) electrons. The summed E-state index contributed by atoms with van der Waals surface area (Å²) in [6, 6.07) is 9.60. The Balaban J connectivity index is 1.69. The summed E-state index contributed by atoms with van der Waals surface area (Å²) in [5.74, 6) is -0.358. The Labute approximate surface area is 162 Å². The second-order valence-electron chi connectivity index (χ2n) is 7.06. The van der Waals surface area contributed by atoms with Gasteiger partial charge < -0.3 is 15.0 Å². The molecule has 1 atom stereocenters. The van der Waals surface area contributed by atoms with Crippen molar-refractivity contribution in [3.63, 3.8) is 0 Å². The Morgan fingerprint density at radius 1 is 1.32 bits per heavy atom. The largest absolute Gasteiger partial charge is 0.490 e. The fourth-order valence-corrected chi connectivity index (χ4v) is 3.22. The van der Waals surface area contributed by atoms with Crippen molar-refractivity contribution in [2.24, 2.45) is 0 Å². The molecular weight excluding hydrogens is 365 g/mol. The van der Waals surface area contributed by atoms with Crippen LogP contribution in [0.25, 0.3) is 0 Å². The zero-order valence-electron chi connectivity index (χ0n) is 15.8. The number of carbonyl (C=O) groups excluding carboxylic acids is 1. The van der Waals surface area contributed by atoms with Crippen LogP contribution in [0.5, 0.6) is 5.75 Å². The van der Waals surface area contributed by atoms with E-state index in [4.69, 9.17) is 4.74 Å². The predicted octanol–water partition coefficient (Wildman–Crippen LogP) is 2.24. The van der Waals surface area contributed by atoms with E-state index in [0.29, 0.717) is 23.8 Å². The number of benzene rings is 2. The van der Waals surface area contributed by atoms with E-state index in [2.05, 4.69) is 5.32 Å². The molecule has 1 amide bonds. The highest BCUT2D eigenvalue weighted by atomic mass is 19.1. The molecular formula is C20H23FN3O4+. The summed E-state index contributed by atoms with van der Waals surface area (Å²) in [5, 5.41) is 13.9. The molecule has 2 N–H and O–H groups in total. The third-order valence-electron chi connectivity index (χ3n) is 4.88. The summed E-state index contributed by atoms with van der Waals surface area (Å²) in [6.45, 7) is 2.60. The van der Waals surface area contributed by atoms with Crippen molar-refractivity contribution in [3.05, 3.63) is 63.5 Å². The average molecular weight is 388 g/mol. The van der Waals surface area contributed by atoms with Crippen LogP contribution in [0.1, 0.15) is 24.0 Å². The molecule has 2 aromatic rings. The van der Waals surface area contributed by atoms with Crippen LogP contribution < -0.4 is 15.0 Å². The van der Waals surface area contributed by atoms with Crippen molar-refractivity contribution in [2.75, 3.05) is 19.0 Å². The van der Waals surface area contributed by atoms with Crippen LogP contribution in [0.15, 0.2) is 36.4 Å². The van der Waals surface area contributed by atoms with Gasteiger partial charge in [-0.25, -0.2) is 4.39 Å². The molecule has 0 aliphatic heterocycles. The van der Waals surface area contributed by atoms with Gasteiger partial charge in [0.15, 0.2) is 12.3 Å². The molecule has 2 aromatic carbocycles. The number of aryl methyl sites for hydroxylation is 1. The zero-order valence-corrected chi connectivity index (χ0v) is 15.8. The van der Waals surface area contributed by atoms with Gasteiger partial charge in [0, 0.05) is 36.2 Å². The molecule has 1 unspecified atom stereocenters. The molecule has 0 spiro atoms. The molecule has 8 heteroatoms. The summed E-state index contributed by atoms with van der Waals surface area (Å²) in [7, 11) is 1.35. The third kappa shape index (κ3) is 4.83. The smallest absolute Gasteiger partial charge is 0.311 e. The summed E-state index contributed by atoms with van der Waals surface area (Å²) in [5.41, 5.74) is 1.92. The molecule has 0 aromatic heterocycles. The molecule has 1 aliphatic rings. The maximum Gasteiger partial charge on any atom is 0.311 e. The maximum absolute atomic E-state index is 13.1. The number of nitrogens with zero attached hydrogens (tertiary/aromatic N) is 1. The monoisotopic (exact) mass is 388 g/mol. The maximum atomic E-state index is 13.1. The molecule has 1 fully saturated rings. The van der Waals surface area contributed by atoms with E-state index in [1.807, 2.05) is 0 Å². The Morgan fingerprint density at radius 3 is 2.57 bits per heavy atom. The first-order chi connectivity index (χ1) is 13.4. The lowest BCUT2D eigenvalue weighted by Gasteiger charge is -2.19. The number of nitro groups is 1. The van der Waals surface area contributed by atoms with Crippen LogP contribution in [0.2, 0.25) is 0 Å². The number of amides is 1. The number of hydrogen-bond acceptors (Lipinski definition) is 4. The summed E-state index contributed by atoms with van der Waals surface area (Å²) < 4.78 is 18.2. The highest BCUT2D eigenvalue weighted by molar-refractivity contribution is 5.92. The fraction of sp³-hybridized carbons (Fsp3) is 0.350. The molecule has 0 saturated heterocycles. The van der Waals surface area contributed by atoms with E-state index in [1.165, 1.54) is 31.4 Å². The van der Waals surface area contributed by atoms with Gasteiger partial charge in [-0.2, -0.15) is 0 Å². The lowest BCUT2D eigenvalue weighted by molar-refractivity contribution is -0.916. The van der Waals surface area contributed by atoms with Crippen LogP contribution in [0, 0.1) is 22.9 Å².